The molecule has 2 aromatic heterocycles. The highest BCUT2D eigenvalue weighted by Gasteiger charge is 2.09. The molecule has 0 bridgehead atoms. The van der Waals surface area contributed by atoms with Gasteiger partial charge in [0.2, 0.25) is 5.91 Å². The zero-order valence-electron chi connectivity index (χ0n) is 14.4. The second-order valence-corrected chi connectivity index (χ2v) is 6.83. The Balaban J connectivity index is 1.79. The van der Waals surface area contributed by atoms with Crippen molar-refractivity contribution in [3.8, 4) is 0 Å². The summed E-state index contributed by atoms with van der Waals surface area (Å²) in [5.41, 5.74) is 1.84. The highest BCUT2D eigenvalue weighted by atomic mass is 32.2. The lowest BCUT2D eigenvalue weighted by Gasteiger charge is -2.08. The Bertz CT molecular complexity index is 860. The number of nitrogens with zero attached hydrogens (tertiary/aromatic N) is 4. The van der Waals surface area contributed by atoms with E-state index in [0.29, 0.717) is 12.2 Å². The third-order valence-corrected chi connectivity index (χ3v) is 4.62. The smallest absolute Gasteiger partial charge is 0.253 e. The van der Waals surface area contributed by atoms with Crippen molar-refractivity contribution in [2.75, 3.05) is 5.32 Å². The van der Waals surface area contributed by atoms with Crippen molar-refractivity contribution < 1.29 is 4.79 Å². The lowest BCUT2D eigenvalue weighted by molar-refractivity contribution is -0.116. The van der Waals surface area contributed by atoms with Gasteiger partial charge in [0.1, 0.15) is 11.4 Å². The molecule has 0 aliphatic heterocycles. The van der Waals surface area contributed by atoms with Crippen LogP contribution < -0.4 is 5.32 Å². The molecule has 1 N–H and O–H groups in total. The van der Waals surface area contributed by atoms with Crippen molar-refractivity contribution in [2.24, 2.45) is 0 Å². The van der Waals surface area contributed by atoms with Crippen LogP contribution in [0.2, 0.25) is 0 Å². The number of fused-ring (bicyclic) bond motifs is 1. The van der Waals surface area contributed by atoms with E-state index in [2.05, 4.69) is 33.4 Å². The molecule has 6 nitrogen and oxygen atoms in total. The number of carbonyl (C=O) groups excluding carboxylic acids is 1. The van der Waals surface area contributed by atoms with Crippen LogP contribution in [0.3, 0.4) is 0 Å². The monoisotopic (exact) mass is 355 g/mol. The first-order valence-corrected chi connectivity index (χ1v) is 9.28. The van der Waals surface area contributed by atoms with Gasteiger partial charge in [0.15, 0.2) is 0 Å². The van der Waals surface area contributed by atoms with Gasteiger partial charge in [0.05, 0.1) is 0 Å². The summed E-state index contributed by atoms with van der Waals surface area (Å²) in [4.78, 5) is 21.5. The van der Waals surface area contributed by atoms with Crippen LogP contribution in [-0.2, 0) is 11.2 Å². The molecule has 3 rings (SSSR count). The van der Waals surface area contributed by atoms with E-state index in [1.165, 1.54) is 6.33 Å². The normalized spacial score (nSPS) is 11.0. The van der Waals surface area contributed by atoms with Crippen LogP contribution in [0.5, 0.6) is 0 Å². The van der Waals surface area contributed by atoms with Crippen molar-refractivity contribution in [1.29, 1.82) is 0 Å². The van der Waals surface area contributed by atoms with Gasteiger partial charge in [0.25, 0.3) is 5.78 Å². The van der Waals surface area contributed by atoms with Crippen molar-refractivity contribution in [3.05, 3.63) is 42.4 Å². The summed E-state index contributed by atoms with van der Waals surface area (Å²) in [5, 5.41) is 8.14. The summed E-state index contributed by atoms with van der Waals surface area (Å²) in [7, 11) is 0. The summed E-state index contributed by atoms with van der Waals surface area (Å²) >= 11 is 1.61. The first-order valence-electron chi connectivity index (χ1n) is 8.47. The number of hydrogen-bond acceptors (Lipinski definition) is 5. The van der Waals surface area contributed by atoms with Gasteiger partial charge in [-0.25, -0.2) is 4.98 Å². The lowest BCUT2D eigenvalue weighted by Crippen LogP contribution is -2.10. The topological polar surface area (TPSA) is 72.2 Å². The molecule has 0 radical (unpaired) electrons. The molecule has 25 heavy (non-hydrogen) atoms. The van der Waals surface area contributed by atoms with E-state index in [9.17, 15) is 4.79 Å². The average Bonchev–Trinajstić information content (AvgIpc) is 3.06. The summed E-state index contributed by atoms with van der Waals surface area (Å²) < 4.78 is 1.75. The molecular formula is C18H21N5OS. The molecule has 0 saturated heterocycles. The van der Waals surface area contributed by atoms with Gasteiger partial charge < -0.3 is 5.32 Å². The fourth-order valence-corrected chi connectivity index (χ4v) is 3.39. The van der Waals surface area contributed by atoms with Gasteiger partial charge in [0, 0.05) is 22.7 Å². The number of hydrogen-bond donors (Lipinski definition) is 1. The van der Waals surface area contributed by atoms with Crippen LogP contribution >= 0.6 is 11.8 Å². The minimum absolute atomic E-state index is 0.0468. The third-order valence-electron chi connectivity index (χ3n) is 3.62. The van der Waals surface area contributed by atoms with Crippen LogP contribution in [0.4, 0.5) is 5.69 Å². The highest BCUT2D eigenvalue weighted by molar-refractivity contribution is 7.99. The maximum atomic E-state index is 11.7. The molecule has 130 valence electrons. The van der Waals surface area contributed by atoms with Crippen LogP contribution in [0.25, 0.3) is 5.78 Å². The quantitative estimate of drug-likeness (QED) is 0.649. The predicted molar refractivity (Wildman–Crippen MR) is 98.9 cm³/mol. The molecule has 0 fully saturated rings. The fourth-order valence-electron chi connectivity index (χ4n) is 2.47. The number of aryl methyl sites for hydroxylation is 1. The Labute approximate surface area is 151 Å². The van der Waals surface area contributed by atoms with Gasteiger partial charge in [-0.05, 0) is 43.2 Å². The van der Waals surface area contributed by atoms with E-state index in [-0.39, 0.29) is 5.91 Å². The van der Waals surface area contributed by atoms with E-state index in [1.807, 2.05) is 31.2 Å². The van der Waals surface area contributed by atoms with Gasteiger partial charge in [-0.15, -0.1) is 0 Å². The van der Waals surface area contributed by atoms with E-state index < -0.39 is 0 Å². The molecule has 0 saturated carbocycles. The SMILES string of the molecule is CCCC(=O)Nc1ccc(Sc2cc(CCC)nc3ncnn23)cc1. The van der Waals surface area contributed by atoms with Crippen LogP contribution in [0, 0.1) is 0 Å². The summed E-state index contributed by atoms with van der Waals surface area (Å²) in [6.07, 6.45) is 4.86. The second kappa shape index (κ2) is 8.11. The molecule has 0 aliphatic rings. The standard InChI is InChI=1S/C18H21N5OS/c1-3-5-14-11-17(23-18(22-14)19-12-20-23)25-15-9-7-13(8-10-15)21-16(24)6-4-2/h7-12H,3-6H2,1-2H3,(H,21,24). The number of anilines is 1. The molecular weight excluding hydrogens is 334 g/mol. The van der Waals surface area contributed by atoms with E-state index in [0.717, 1.165) is 40.6 Å². The third kappa shape index (κ3) is 4.36. The Morgan fingerprint density at radius 1 is 1.20 bits per heavy atom. The molecule has 2 heterocycles. The first kappa shape index (κ1) is 17.4. The number of nitrogens with one attached hydrogen (secondary N) is 1. The molecule has 1 amide bonds. The van der Waals surface area contributed by atoms with Gasteiger partial charge in [-0.1, -0.05) is 32.0 Å². The van der Waals surface area contributed by atoms with Crippen molar-refractivity contribution in [1.82, 2.24) is 19.6 Å². The number of rotatable bonds is 7. The van der Waals surface area contributed by atoms with Crippen molar-refractivity contribution >= 4 is 29.1 Å². The van der Waals surface area contributed by atoms with Gasteiger partial charge in [-0.2, -0.15) is 14.6 Å². The lowest BCUT2D eigenvalue weighted by atomic mass is 10.2. The minimum Gasteiger partial charge on any atom is -0.326 e. The Hall–Kier alpha value is -2.41. The Kier molecular flexibility index (Phi) is 5.65. The zero-order valence-corrected chi connectivity index (χ0v) is 15.2. The van der Waals surface area contributed by atoms with E-state index in [1.54, 1.807) is 16.3 Å². The van der Waals surface area contributed by atoms with Crippen LogP contribution in [0.15, 0.2) is 46.6 Å². The van der Waals surface area contributed by atoms with Crippen LogP contribution in [-0.4, -0.2) is 25.5 Å². The molecule has 0 aliphatic carbocycles. The molecule has 0 spiro atoms. The van der Waals surface area contributed by atoms with Gasteiger partial charge in [-0.3, -0.25) is 4.79 Å². The Morgan fingerprint density at radius 2 is 2.00 bits per heavy atom. The minimum atomic E-state index is 0.0468. The maximum Gasteiger partial charge on any atom is 0.253 e. The predicted octanol–water partition coefficient (Wildman–Crippen LogP) is 3.97. The fraction of sp³-hybridized carbons (Fsp3) is 0.333. The molecule has 7 heteroatoms. The highest BCUT2D eigenvalue weighted by Crippen LogP contribution is 2.29. The Morgan fingerprint density at radius 3 is 2.72 bits per heavy atom. The molecule has 3 aromatic rings. The molecule has 0 atom stereocenters. The zero-order chi connectivity index (χ0) is 17.6. The number of amides is 1. The second-order valence-electron chi connectivity index (χ2n) is 5.73. The molecule has 0 unspecified atom stereocenters. The summed E-state index contributed by atoms with van der Waals surface area (Å²) in [6, 6.07) is 9.89. The van der Waals surface area contributed by atoms with Crippen molar-refractivity contribution in [3.63, 3.8) is 0 Å². The van der Waals surface area contributed by atoms with E-state index >= 15 is 0 Å². The van der Waals surface area contributed by atoms with Crippen LogP contribution in [0.1, 0.15) is 38.8 Å². The molecule has 1 aromatic carbocycles. The van der Waals surface area contributed by atoms with E-state index in [4.69, 9.17) is 0 Å². The average molecular weight is 355 g/mol. The maximum absolute atomic E-state index is 11.7. The largest absolute Gasteiger partial charge is 0.326 e. The number of benzene rings is 1. The first-order chi connectivity index (χ1) is 12.2. The summed E-state index contributed by atoms with van der Waals surface area (Å²) in [5.74, 6) is 0.669. The number of aromatic nitrogens is 4. The number of carbonyl (C=O) groups is 1. The summed E-state index contributed by atoms with van der Waals surface area (Å²) in [6.45, 7) is 4.12. The van der Waals surface area contributed by atoms with Gasteiger partial charge >= 0.3 is 0 Å². The van der Waals surface area contributed by atoms with Crippen molar-refractivity contribution in [2.45, 2.75) is 49.5 Å².